The van der Waals surface area contributed by atoms with E-state index in [1.165, 1.54) is 18.0 Å². The first-order chi connectivity index (χ1) is 12.8. The Bertz CT molecular complexity index is 1240. The zero-order chi connectivity index (χ0) is 19.2. The van der Waals surface area contributed by atoms with Crippen molar-refractivity contribution in [2.45, 2.75) is 28.0 Å². The lowest BCUT2D eigenvalue weighted by molar-refractivity contribution is 0.602. The van der Waals surface area contributed by atoms with Gasteiger partial charge in [0.25, 0.3) is 0 Å². The largest absolute Gasteiger partial charge is 0.358 e. The van der Waals surface area contributed by atoms with Crippen molar-refractivity contribution in [1.29, 1.82) is 0 Å². The van der Waals surface area contributed by atoms with Gasteiger partial charge in [0, 0.05) is 38.7 Å². The van der Waals surface area contributed by atoms with Gasteiger partial charge in [-0.05, 0) is 25.5 Å². The van der Waals surface area contributed by atoms with Crippen LogP contribution < -0.4 is 0 Å². The Balaban J connectivity index is 1.83. The number of hydrogen-bond donors (Lipinski definition) is 1. The number of fused-ring (bicyclic) bond motifs is 1. The molecule has 0 radical (unpaired) electrons. The normalized spacial score (nSPS) is 12.0. The zero-order valence-electron chi connectivity index (χ0n) is 15.1. The lowest BCUT2D eigenvalue weighted by atomic mass is 10.2. The third-order valence-electron chi connectivity index (χ3n) is 4.36. The van der Waals surface area contributed by atoms with E-state index < -0.39 is 9.84 Å². The molecule has 2 aromatic carbocycles. The van der Waals surface area contributed by atoms with Crippen molar-refractivity contribution in [2.75, 3.05) is 6.26 Å². The molecule has 4 aromatic rings. The Labute approximate surface area is 166 Å². The van der Waals surface area contributed by atoms with Gasteiger partial charge in [0.2, 0.25) is 0 Å². The summed E-state index contributed by atoms with van der Waals surface area (Å²) < 4.78 is 25.8. The van der Waals surface area contributed by atoms with E-state index in [4.69, 9.17) is 4.98 Å². The maximum Gasteiger partial charge on any atom is 0.176 e. The van der Waals surface area contributed by atoms with Crippen LogP contribution in [0.4, 0.5) is 0 Å². The van der Waals surface area contributed by atoms with Crippen LogP contribution in [0.3, 0.4) is 0 Å². The summed E-state index contributed by atoms with van der Waals surface area (Å²) in [4.78, 5) is 9.37. The van der Waals surface area contributed by atoms with Crippen molar-refractivity contribution in [3.8, 4) is 11.3 Å². The summed E-state index contributed by atoms with van der Waals surface area (Å²) in [6.45, 7) is 3.80. The third kappa shape index (κ3) is 3.42. The fourth-order valence-corrected chi connectivity index (χ4v) is 6.48. The van der Waals surface area contributed by atoms with Gasteiger partial charge in [0.1, 0.15) is 0 Å². The van der Waals surface area contributed by atoms with E-state index in [9.17, 15) is 8.42 Å². The van der Waals surface area contributed by atoms with Gasteiger partial charge in [0.05, 0.1) is 10.6 Å². The van der Waals surface area contributed by atoms with E-state index in [0.29, 0.717) is 4.90 Å². The number of nitrogens with one attached hydrogen (secondary N) is 1. The summed E-state index contributed by atoms with van der Waals surface area (Å²) in [7, 11) is -3.35. The number of H-pyrrole nitrogens is 1. The molecule has 0 fully saturated rings. The molecule has 0 atom stereocenters. The molecule has 0 saturated carbocycles. The Kier molecular flexibility index (Phi) is 4.61. The topological polar surface area (TPSA) is 62.8 Å². The van der Waals surface area contributed by atoms with Crippen LogP contribution in [0.5, 0.6) is 0 Å². The number of aromatic nitrogens is 2. The molecule has 1 N–H and O–H groups in total. The van der Waals surface area contributed by atoms with Gasteiger partial charge in [-0.15, -0.1) is 11.3 Å². The average Bonchev–Trinajstić information content (AvgIpc) is 3.20. The molecule has 0 aliphatic heterocycles. The van der Waals surface area contributed by atoms with Crippen LogP contribution in [0.25, 0.3) is 22.2 Å². The van der Waals surface area contributed by atoms with E-state index in [-0.39, 0.29) is 0 Å². The van der Waals surface area contributed by atoms with Crippen molar-refractivity contribution in [3.63, 3.8) is 0 Å². The van der Waals surface area contributed by atoms with E-state index in [2.05, 4.69) is 4.98 Å². The van der Waals surface area contributed by atoms with Crippen LogP contribution in [0.1, 0.15) is 11.3 Å². The number of benzene rings is 2. The number of thiazole rings is 1. The van der Waals surface area contributed by atoms with Gasteiger partial charge < -0.3 is 4.98 Å². The van der Waals surface area contributed by atoms with Crippen molar-refractivity contribution in [2.24, 2.45) is 0 Å². The van der Waals surface area contributed by atoms with Crippen molar-refractivity contribution in [1.82, 2.24) is 9.97 Å². The number of sulfone groups is 1. The van der Waals surface area contributed by atoms with Gasteiger partial charge in [-0.1, -0.05) is 48.2 Å². The first-order valence-electron chi connectivity index (χ1n) is 8.35. The molecular weight excluding hydrogens is 396 g/mol. The molecule has 0 saturated heterocycles. The molecular formula is C20H18N2O2S3. The summed E-state index contributed by atoms with van der Waals surface area (Å²) in [6, 6.07) is 13.8. The lowest BCUT2D eigenvalue weighted by Crippen LogP contribution is -2.01. The second-order valence-corrected chi connectivity index (χ2v) is 10.5. The monoisotopic (exact) mass is 414 g/mol. The molecule has 0 unspecified atom stereocenters. The number of hydrogen-bond acceptors (Lipinski definition) is 5. The zero-order valence-corrected chi connectivity index (χ0v) is 17.6. The summed E-state index contributed by atoms with van der Waals surface area (Å²) in [5.41, 5.74) is 4.54. The molecule has 27 heavy (non-hydrogen) atoms. The quantitative estimate of drug-likeness (QED) is 0.481. The highest BCUT2D eigenvalue weighted by Crippen LogP contribution is 2.42. The summed E-state index contributed by atoms with van der Waals surface area (Å²) in [6.07, 6.45) is 1.27. The Morgan fingerprint density at radius 3 is 2.52 bits per heavy atom. The maximum absolute atomic E-state index is 12.4. The highest BCUT2D eigenvalue weighted by atomic mass is 32.2. The van der Waals surface area contributed by atoms with Crippen LogP contribution in [0.15, 0.2) is 62.0 Å². The average molecular weight is 415 g/mol. The second-order valence-electron chi connectivity index (χ2n) is 6.45. The van der Waals surface area contributed by atoms with Gasteiger partial charge in [-0.2, -0.15) is 0 Å². The van der Waals surface area contributed by atoms with Gasteiger partial charge in [0.15, 0.2) is 14.2 Å². The number of aromatic amines is 1. The van der Waals surface area contributed by atoms with Crippen LogP contribution in [0, 0.1) is 13.8 Å². The second kappa shape index (κ2) is 6.82. The van der Waals surface area contributed by atoms with E-state index >= 15 is 0 Å². The molecule has 2 aromatic heterocycles. The minimum Gasteiger partial charge on any atom is -0.358 e. The summed E-state index contributed by atoms with van der Waals surface area (Å²) in [5, 5.41) is 2.79. The fourth-order valence-electron chi connectivity index (χ4n) is 3.20. The molecule has 0 amide bonds. The first kappa shape index (κ1) is 18.3. The highest BCUT2D eigenvalue weighted by molar-refractivity contribution is 8.01. The van der Waals surface area contributed by atoms with Crippen molar-refractivity contribution < 1.29 is 8.42 Å². The molecule has 7 heteroatoms. The molecule has 4 nitrogen and oxygen atoms in total. The minimum atomic E-state index is -3.35. The minimum absolute atomic E-state index is 0.395. The molecule has 0 aliphatic carbocycles. The fraction of sp³-hybridized carbons (Fsp3) is 0.150. The van der Waals surface area contributed by atoms with Gasteiger partial charge in [-0.25, -0.2) is 13.4 Å². The van der Waals surface area contributed by atoms with Gasteiger partial charge in [-0.3, -0.25) is 0 Å². The van der Waals surface area contributed by atoms with E-state index in [0.717, 1.165) is 42.7 Å². The Hall–Kier alpha value is -2.09. The molecule has 138 valence electrons. The summed E-state index contributed by atoms with van der Waals surface area (Å²) >= 11 is 3.08. The molecule has 0 aliphatic rings. The maximum atomic E-state index is 12.4. The number of nitrogens with zero attached hydrogens (tertiary/aromatic N) is 1. The van der Waals surface area contributed by atoms with Crippen LogP contribution in [-0.2, 0) is 9.84 Å². The summed E-state index contributed by atoms with van der Waals surface area (Å²) in [5.74, 6) is 0. The molecule has 4 rings (SSSR count). The molecule has 0 bridgehead atoms. The van der Waals surface area contributed by atoms with Crippen molar-refractivity contribution in [3.05, 3.63) is 59.1 Å². The van der Waals surface area contributed by atoms with Gasteiger partial charge >= 0.3 is 0 Å². The molecule has 0 spiro atoms. The SMILES string of the molecule is Cc1ccc2[nH]c(C)c(Sc3nc(-c4ccccc4)cs3)c2c1S(C)(=O)=O. The third-order valence-corrected chi connectivity index (χ3v) is 7.78. The van der Waals surface area contributed by atoms with E-state index in [1.807, 2.05) is 61.7 Å². The Morgan fingerprint density at radius 1 is 1.07 bits per heavy atom. The lowest BCUT2D eigenvalue weighted by Gasteiger charge is -2.07. The number of rotatable bonds is 4. The van der Waals surface area contributed by atoms with E-state index in [1.54, 1.807) is 11.3 Å². The first-order valence-corrected chi connectivity index (χ1v) is 11.9. The molecule has 2 heterocycles. The predicted molar refractivity (Wildman–Crippen MR) is 113 cm³/mol. The predicted octanol–water partition coefficient (Wildman–Crippen LogP) is 5.46. The number of aryl methyl sites for hydroxylation is 2. The van der Waals surface area contributed by atoms with Crippen LogP contribution >= 0.6 is 23.1 Å². The van der Waals surface area contributed by atoms with Crippen molar-refractivity contribution >= 4 is 43.8 Å². The highest BCUT2D eigenvalue weighted by Gasteiger charge is 2.22. The van der Waals surface area contributed by atoms with Crippen LogP contribution in [0.2, 0.25) is 0 Å². The van der Waals surface area contributed by atoms with Crippen LogP contribution in [-0.4, -0.2) is 24.6 Å². The Morgan fingerprint density at radius 2 is 1.81 bits per heavy atom. The smallest absolute Gasteiger partial charge is 0.176 e. The standard InChI is InChI=1S/C20H18N2O2S3/c1-12-9-10-15-17(19(12)27(3,23)24)18(13(2)21-15)26-20-22-16(11-25-20)14-7-5-4-6-8-14/h4-11,21H,1-3H3.